The molecular weight excluding hydrogens is 246 g/mol. The fourth-order valence-corrected chi connectivity index (χ4v) is 1.88. The van der Waals surface area contributed by atoms with Crippen LogP contribution in [0, 0.1) is 11.3 Å². The second-order valence-corrected chi connectivity index (χ2v) is 3.96. The third kappa shape index (κ3) is 1.73. The molecule has 0 aliphatic heterocycles. The van der Waals surface area contributed by atoms with E-state index in [2.05, 4.69) is 16.2 Å². The van der Waals surface area contributed by atoms with Crippen molar-refractivity contribution in [3.8, 4) is 17.4 Å². The summed E-state index contributed by atoms with van der Waals surface area (Å²) < 4.78 is 4.99. The molecule has 3 rings (SSSR count). The second-order valence-electron chi connectivity index (χ2n) is 3.96. The topological polar surface area (TPSA) is 103 Å². The van der Waals surface area contributed by atoms with Crippen molar-refractivity contribution in [1.29, 1.82) is 5.26 Å². The first-order valence-corrected chi connectivity index (χ1v) is 5.40. The summed E-state index contributed by atoms with van der Waals surface area (Å²) in [7, 11) is 0. The molecule has 2 N–H and O–H groups in total. The smallest absolute Gasteiger partial charge is 0.358 e. The van der Waals surface area contributed by atoms with Gasteiger partial charge in [-0.2, -0.15) is 5.26 Å². The average Bonchev–Trinajstić information content (AvgIpc) is 3.04. The number of nitrogens with one attached hydrogen (secondary N) is 1. The van der Waals surface area contributed by atoms with Crippen LogP contribution >= 0.6 is 0 Å². The number of hydrogen-bond donors (Lipinski definition) is 2. The molecule has 0 unspecified atom stereocenters. The second kappa shape index (κ2) is 3.99. The largest absolute Gasteiger partial charge is 0.476 e. The molecule has 6 heteroatoms. The molecule has 0 aliphatic rings. The Balaban J connectivity index is 2.14. The number of fused-ring (bicyclic) bond motifs is 1. The van der Waals surface area contributed by atoms with E-state index in [0.29, 0.717) is 16.9 Å². The van der Waals surface area contributed by atoms with Crippen LogP contribution in [0.2, 0.25) is 0 Å². The number of aromatic nitrogens is 2. The quantitative estimate of drug-likeness (QED) is 0.729. The minimum atomic E-state index is -1.14. The molecule has 0 radical (unpaired) electrons. The van der Waals surface area contributed by atoms with Gasteiger partial charge in [-0.3, -0.25) is 0 Å². The summed E-state index contributed by atoms with van der Waals surface area (Å²) in [6.07, 6.45) is 1.62. The van der Waals surface area contributed by atoms with E-state index in [-0.39, 0.29) is 5.69 Å². The third-order valence-electron chi connectivity index (χ3n) is 2.82. The molecule has 2 aromatic heterocycles. The molecule has 2 heterocycles. The Bertz CT molecular complexity index is 823. The number of carboxylic acid groups (broad SMARTS) is 1. The highest BCUT2D eigenvalue weighted by Gasteiger charge is 2.13. The number of rotatable bonds is 2. The number of benzene rings is 1. The van der Waals surface area contributed by atoms with Crippen molar-refractivity contribution in [2.24, 2.45) is 0 Å². The molecule has 0 spiro atoms. The molecule has 0 amide bonds. The lowest BCUT2D eigenvalue weighted by atomic mass is 10.1. The molecule has 3 aromatic rings. The zero-order valence-electron chi connectivity index (χ0n) is 9.54. The number of carbonyl (C=O) groups is 1. The first-order chi connectivity index (χ1) is 9.19. The van der Waals surface area contributed by atoms with E-state index in [0.717, 1.165) is 10.9 Å². The van der Waals surface area contributed by atoms with Gasteiger partial charge in [0.15, 0.2) is 11.5 Å². The number of H-pyrrole nitrogens is 1. The van der Waals surface area contributed by atoms with Gasteiger partial charge >= 0.3 is 5.97 Å². The number of hydrogen-bond acceptors (Lipinski definition) is 4. The number of carboxylic acids is 1. The number of nitriles is 1. The molecule has 0 atom stereocenters. The Hall–Kier alpha value is -3.07. The van der Waals surface area contributed by atoms with E-state index in [1.807, 2.05) is 0 Å². The van der Waals surface area contributed by atoms with Gasteiger partial charge in [0.05, 0.1) is 5.56 Å². The molecule has 0 saturated carbocycles. The van der Waals surface area contributed by atoms with Crippen LogP contribution in [0.1, 0.15) is 16.1 Å². The lowest BCUT2D eigenvalue weighted by Gasteiger charge is -1.96. The highest BCUT2D eigenvalue weighted by Crippen LogP contribution is 2.26. The summed E-state index contributed by atoms with van der Waals surface area (Å²) in [6.45, 7) is 0. The van der Waals surface area contributed by atoms with Gasteiger partial charge in [0.1, 0.15) is 6.07 Å². The summed E-state index contributed by atoms with van der Waals surface area (Å²) in [5.41, 5.74) is 1.88. The number of nitrogens with zero attached hydrogens (tertiary/aromatic N) is 2. The summed E-state index contributed by atoms with van der Waals surface area (Å²) >= 11 is 0. The van der Waals surface area contributed by atoms with Crippen molar-refractivity contribution < 1.29 is 14.4 Å². The van der Waals surface area contributed by atoms with Crippen LogP contribution in [-0.4, -0.2) is 21.2 Å². The van der Waals surface area contributed by atoms with Crippen molar-refractivity contribution >= 4 is 16.9 Å². The van der Waals surface area contributed by atoms with Crippen LogP contribution in [0.5, 0.6) is 0 Å². The zero-order valence-corrected chi connectivity index (χ0v) is 9.54. The van der Waals surface area contributed by atoms with Gasteiger partial charge in [-0.15, -0.1) is 0 Å². The maximum atomic E-state index is 10.7. The predicted octanol–water partition coefficient (Wildman–Crippen LogP) is 2.39. The molecule has 0 saturated heterocycles. The third-order valence-corrected chi connectivity index (χ3v) is 2.82. The van der Waals surface area contributed by atoms with E-state index >= 15 is 0 Å². The van der Waals surface area contributed by atoms with E-state index in [1.54, 1.807) is 24.4 Å². The predicted molar refractivity (Wildman–Crippen MR) is 65.5 cm³/mol. The fourth-order valence-electron chi connectivity index (χ4n) is 1.88. The first kappa shape index (κ1) is 11.0. The lowest BCUT2D eigenvalue weighted by molar-refractivity contribution is 0.0686. The summed E-state index contributed by atoms with van der Waals surface area (Å²) in [4.78, 5) is 13.7. The summed E-state index contributed by atoms with van der Waals surface area (Å²) in [6, 6.07) is 8.76. The van der Waals surface area contributed by atoms with Crippen molar-refractivity contribution in [1.82, 2.24) is 10.1 Å². The molecule has 6 nitrogen and oxygen atoms in total. The minimum Gasteiger partial charge on any atom is -0.476 e. The molecule has 19 heavy (non-hydrogen) atoms. The molecule has 0 bridgehead atoms. The standard InChI is InChI=1S/C13H7N3O3/c14-5-8-6-15-10-2-1-7(3-9(8)10)12-4-11(13(17)18)16-19-12/h1-4,6,15H,(H,17,18). The van der Waals surface area contributed by atoms with Gasteiger partial charge in [0.2, 0.25) is 0 Å². The van der Waals surface area contributed by atoms with Crippen LogP contribution in [0.3, 0.4) is 0 Å². The normalized spacial score (nSPS) is 10.5. The van der Waals surface area contributed by atoms with Crippen molar-refractivity contribution in [3.63, 3.8) is 0 Å². The van der Waals surface area contributed by atoms with Crippen molar-refractivity contribution in [2.75, 3.05) is 0 Å². The Morgan fingerprint density at radius 1 is 1.42 bits per heavy atom. The van der Waals surface area contributed by atoms with Gasteiger partial charge in [0.25, 0.3) is 0 Å². The molecule has 92 valence electrons. The van der Waals surface area contributed by atoms with E-state index < -0.39 is 5.97 Å². The molecular formula is C13H7N3O3. The lowest BCUT2D eigenvalue weighted by Crippen LogP contribution is -1.94. The highest BCUT2D eigenvalue weighted by atomic mass is 16.5. The SMILES string of the molecule is N#Cc1c[nH]c2ccc(-c3cc(C(=O)O)no3)cc12. The molecule has 1 aromatic carbocycles. The molecule has 0 fully saturated rings. The Morgan fingerprint density at radius 3 is 2.95 bits per heavy atom. The van der Waals surface area contributed by atoms with Gasteiger partial charge < -0.3 is 14.6 Å². The minimum absolute atomic E-state index is 0.148. The van der Waals surface area contributed by atoms with Crippen molar-refractivity contribution in [2.45, 2.75) is 0 Å². The van der Waals surface area contributed by atoms with Gasteiger partial charge in [0, 0.05) is 28.7 Å². The zero-order chi connectivity index (χ0) is 13.4. The maximum Gasteiger partial charge on any atom is 0.358 e. The van der Waals surface area contributed by atoms with Gasteiger partial charge in [-0.1, -0.05) is 5.16 Å². The first-order valence-electron chi connectivity index (χ1n) is 5.40. The highest BCUT2D eigenvalue weighted by molar-refractivity contribution is 5.90. The number of aromatic carboxylic acids is 1. The summed E-state index contributed by atoms with van der Waals surface area (Å²) in [5, 5.41) is 22.0. The average molecular weight is 253 g/mol. The van der Waals surface area contributed by atoms with Crippen LogP contribution < -0.4 is 0 Å². The van der Waals surface area contributed by atoms with Gasteiger partial charge in [-0.25, -0.2) is 4.79 Å². The van der Waals surface area contributed by atoms with Gasteiger partial charge in [-0.05, 0) is 18.2 Å². The van der Waals surface area contributed by atoms with Crippen LogP contribution in [0.4, 0.5) is 0 Å². The summed E-state index contributed by atoms with van der Waals surface area (Å²) in [5.74, 6) is -0.792. The molecule has 0 aliphatic carbocycles. The maximum absolute atomic E-state index is 10.7. The number of aromatic amines is 1. The Labute approximate surface area is 106 Å². The van der Waals surface area contributed by atoms with E-state index in [9.17, 15) is 4.79 Å². The monoisotopic (exact) mass is 253 g/mol. The Kier molecular flexibility index (Phi) is 2.32. The van der Waals surface area contributed by atoms with Crippen LogP contribution in [0.15, 0.2) is 35.0 Å². The van der Waals surface area contributed by atoms with Crippen molar-refractivity contribution in [3.05, 3.63) is 41.7 Å². The fraction of sp³-hybridized carbons (Fsp3) is 0. The van der Waals surface area contributed by atoms with Crippen LogP contribution in [-0.2, 0) is 0 Å². The Morgan fingerprint density at radius 2 is 2.26 bits per heavy atom. The van der Waals surface area contributed by atoms with Crippen LogP contribution in [0.25, 0.3) is 22.2 Å². The van der Waals surface area contributed by atoms with E-state index in [1.165, 1.54) is 6.07 Å². The van der Waals surface area contributed by atoms with E-state index in [4.69, 9.17) is 14.9 Å².